The van der Waals surface area contributed by atoms with Crippen molar-refractivity contribution >= 4 is 14.8 Å². The van der Waals surface area contributed by atoms with Crippen LogP contribution in [-0.2, 0) is 0 Å². The Morgan fingerprint density at radius 1 is 0.875 bits per heavy atom. The van der Waals surface area contributed by atoms with E-state index in [2.05, 4.69) is 45.7 Å². The van der Waals surface area contributed by atoms with Crippen molar-refractivity contribution in [2.24, 2.45) is 0 Å². The van der Waals surface area contributed by atoms with Crippen LogP contribution in [0.15, 0.2) is 0 Å². The van der Waals surface area contributed by atoms with Gasteiger partial charge in [0.25, 0.3) is 0 Å². The van der Waals surface area contributed by atoms with E-state index in [1.807, 2.05) is 0 Å². The molecule has 96 valence electrons. The molecule has 0 rings (SSSR count). The van der Waals surface area contributed by atoms with Crippen molar-refractivity contribution in [3.05, 3.63) is 0 Å². The van der Waals surface area contributed by atoms with Crippen LogP contribution in [0.25, 0.3) is 0 Å². The van der Waals surface area contributed by atoms with Gasteiger partial charge in [-0.1, -0.05) is 13.8 Å². The molecule has 0 bridgehead atoms. The van der Waals surface area contributed by atoms with Gasteiger partial charge in [-0.2, -0.15) is 0 Å². The highest BCUT2D eigenvalue weighted by Crippen LogP contribution is 1.81. The molecule has 0 radical (unpaired) electrons. The minimum Gasteiger partial charge on any atom is -0.371 e. The average molecular weight is 244 g/mol. The van der Waals surface area contributed by atoms with Crippen LogP contribution in [0.1, 0.15) is 33.1 Å². The first-order valence-electron chi connectivity index (χ1n) is 6.55. The van der Waals surface area contributed by atoms with E-state index >= 15 is 0 Å². The van der Waals surface area contributed by atoms with E-state index in [9.17, 15) is 0 Å². The topological polar surface area (TPSA) is 39.3 Å². The Morgan fingerprint density at radius 3 is 1.81 bits per heavy atom. The molecule has 3 N–H and O–H groups in total. The largest absolute Gasteiger partial charge is 0.600 e. The van der Waals surface area contributed by atoms with E-state index in [-0.39, 0.29) is 0 Å². The summed E-state index contributed by atoms with van der Waals surface area (Å²) >= 11 is -1.10. The Balaban J connectivity index is 3.56. The molecule has 16 heavy (non-hydrogen) atoms. The quantitative estimate of drug-likeness (QED) is 0.366. The van der Waals surface area contributed by atoms with Gasteiger partial charge < -0.3 is 17.8 Å². The summed E-state index contributed by atoms with van der Waals surface area (Å²) in [5.74, 6) is 0. The van der Waals surface area contributed by atoms with Crippen LogP contribution >= 0.6 is 0 Å². The number of hydrogen-bond donors (Lipinski definition) is 3. The van der Waals surface area contributed by atoms with E-state index in [1.54, 1.807) is 0 Å². The van der Waals surface area contributed by atoms with Crippen molar-refractivity contribution in [3.63, 3.8) is 0 Å². The van der Waals surface area contributed by atoms with Crippen LogP contribution in [-0.4, -0.2) is 60.0 Å². The fraction of sp³-hybridized carbons (Fsp3) is 1.00. The molecule has 0 saturated carbocycles. The Bertz CT molecular complexity index is 136. The van der Waals surface area contributed by atoms with Crippen LogP contribution in [0.3, 0.4) is 0 Å². The Morgan fingerprint density at radius 2 is 1.38 bits per heavy atom. The Labute approximate surface area is 106 Å². The predicted molar refractivity (Wildman–Crippen MR) is 73.5 cm³/mol. The maximum absolute atomic E-state index is 3.63. The molecule has 0 amide bonds. The van der Waals surface area contributed by atoms with E-state index < -0.39 is 14.8 Å². The smallest absolute Gasteiger partial charge is 0.371 e. The minimum absolute atomic E-state index is 1.10. The minimum atomic E-state index is -1.10. The summed E-state index contributed by atoms with van der Waals surface area (Å²) in [6.45, 7) is 8.94. The molecule has 0 spiro atoms. The molecule has 0 unspecified atom stereocenters. The first kappa shape index (κ1) is 16.4. The summed E-state index contributed by atoms with van der Waals surface area (Å²) in [6, 6.07) is 0. The molecule has 0 saturated heterocycles. The highest BCUT2D eigenvalue weighted by Gasteiger charge is 2.17. The van der Waals surface area contributed by atoms with Gasteiger partial charge in [0.2, 0.25) is 0 Å². The molecule has 0 aliphatic carbocycles. The van der Waals surface area contributed by atoms with Crippen LogP contribution in [0.4, 0.5) is 0 Å². The third-order valence-corrected chi connectivity index (χ3v) is 4.42. The van der Waals surface area contributed by atoms with Crippen LogP contribution in [0.2, 0.25) is 0 Å². The van der Waals surface area contributed by atoms with Gasteiger partial charge in [0.1, 0.15) is 0 Å². The van der Waals surface area contributed by atoms with E-state index in [4.69, 9.17) is 0 Å². The molecule has 0 aromatic rings. The van der Waals surface area contributed by atoms with Gasteiger partial charge in [0, 0.05) is 0 Å². The first-order chi connectivity index (χ1) is 7.70. The van der Waals surface area contributed by atoms with Crippen molar-refractivity contribution in [1.82, 2.24) is 17.8 Å². The second-order valence-electron chi connectivity index (χ2n) is 4.45. The van der Waals surface area contributed by atoms with Gasteiger partial charge in [-0.05, 0) is 59.5 Å². The normalized spacial score (nSPS) is 11.1. The predicted octanol–water partition coefficient (Wildman–Crippen LogP) is 0.512. The van der Waals surface area contributed by atoms with Crippen LogP contribution in [0.5, 0.6) is 0 Å². The zero-order valence-corrected chi connectivity index (χ0v) is 12.6. The molecular formula is C11H29AlN4. The molecule has 0 aliphatic rings. The molecule has 0 aliphatic heterocycles. The summed E-state index contributed by atoms with van der Waals surface area (Å²) in [7, 11) is 4.25. The highest BCUT2D eigenvalue weighted by atomic mass is 27.2. The summed E-state index contributed by atoms with van der Waals surface area (Å²) in [5.41, 5.74) is 0. The van der Waals surface area contributed by atoms with Gasteiger partial charge in [0.05, 0.1) is 0 Å². The van der Waals surface area contributed by atoms with Gasteiger partial charge in [-0.3, -0.25) is 0 Å². The van der Waals surface area contributed by atoms with E-state index in [1.165, 1.54) is 19.3 Å². The standard InChI is InChI=1S/C5H13N2.2C3H8N.Al/c1-7(2)5-3-4-6;2*1-2-3-4;/h6H,3-5H2,1-2H3;2*4H,2-3H2,1H3;/q3*-1;+3. The summed E-state index contributed by atoms with van der Waals surface area (Å²) in [4.78, 5) is 2.23. The van der Waals surface area contributed by atoms with Crippen molar-refractivity contribution in [3.8, 4) is 0 Å². The monoisotopic (exact) mass is 244 g/mol. The maximum Gasteiger partial charge on any atom is 0.600 e. The molecule has 5 heteroatoms. The first-order valence-corrected chi connectivity index (χ1v) is 8.28. The molecular weight excluding hydrogens is 215 g/mol. The molecule has 0 atom stereocenters. The highest BCUT2D eigenvalue weighted by molar-refractivity contribution is 6.50. The zero-order valence-electron chi connectivity index (χ0n) is 11.5. The molecule has 0 aromatic heterocycles. The zero-order chi connectivity index (χ0) is 12.2. The average Bonchev–Trinajstić information content (AvgIpc) is 2.26. The van der Waals surface area contributed by atoms with Crippen molar-refractivity contribution in [2.75, 3.05) is 40.3 Å². The maximum atomic E-state index is 3.63. The lowest BCUT2D eigenvalue weighted by Gasteiger charge is -2.16. The lowest BCUT2D eigenvalue weighted by molar-refractivity contribution is 0.400. The fourth-order valence-electron chi connectivity index (χ4n) is 1.44. The molecule has 0 aromatic carbocycles. The summed E-state index contributed by atoms with van der Waals surface area (Å²) in [6.07, 6.45) is 3.63. The Kier molecular flexibility index (Phi) is 12.1. The SMILES string of the molecule is CCC[NH][Al]([NH]CCC)[NH]CCCN(C)C. The van der Waals surface area contributed by atoms with E-state index in [0.29, 0.717) is 0 Å². The lowest BCUT2D eigenvalue weighted by atomic mass is 10.4. The van der Waals surface area contributed by atoms with Crippen molar-refractivity contribution in [2.45, 2.75) is 33.1 Å². The van der Waals surface area contributed by atoms with Crippen molar-refractivity contribution in [1.29, 1.82) is 0 Å². The third-order valence-electron chi connectivity index (χ3n) is 2.33. The molecule has 0 heterocycles. The Hall–Kier alpha value is 0.372. The van der Waals surface area contributed by atoms with Gasteiger partial charge in [-0.15, -0.1) is 0 Å². The number of nitrogens with one attached hydrogen (secondary N) is 3. The lowest BCUT2D eigenvalue weighted by Crippen LogP contribution is -2.58. The second-order valence-corrected chi connectivity index (χ2v) is 6.54. The van der Waals surface area contributed by atoms with Crippen molar-refractivity contribution < 1.29 is 0 Å². The number of nitrogens with zero attached hydrogens (tertiary/aromatic N) is 1. The molecule has 4 nitrogen and oxygen atoms in total. The van der Waals surface area contributed by atoms with Crippen LogP contribution < -0.4 is 12.9 Å². The number of rotatable bonds is 11. The van der Waals surface area contributed by atoms with Gasteiger partial charge in [0.15, 0.2) is 0 Å². The van der Waals surface area contributed by atoms with Crippen LogP contribution in [0, 0.1) is 0 Å². The van der Waals surface area contributed by atoms with Gasteiger partial charge in [-0.25, -0.2) is 0 Å². The summed E-state index contributed by atoms with van der Waals surface area (Å²) < 4.78 is 10.8. The fourth-order valence-corrected chi connectivity index (χ4v) is 3.52. The van der Waals surface area contributed by atoms with E-state index in [0.717, 1.165) is 26.2 Å². The number of hydrogen-bond acceptors (Lipinski definition) is 4. The second kappa shape index (κ2) is 11.8. The van der Waals surface area contributed by atoms with Gasteiger partial charge >= 0.3 is 14.8 Å². The third kappa shape index (κ3) is 10.9. The molecule has 0 fully saturated rings. The summed E-state index contributed by atoms with van der Waals surface area (Å²) in [5, 5.41) is 0.